The fraction of sp³-hybridized carbons (Fsp3) is 1.00. The minimum Gasteiger partial charge on any atom is -0.378 e. The van der Waals surface area contributed by atoms with Crippen molar-refractivity contribution >= 4 is 0 Å². The van der Waals surface area contributed by atoms with Crippen molar-refractivity contribution in [1.29, 1.82) is 0 Å². The highest BCUT2D eigenvalue weighted by Gasteiger charge is 2.07. The molecule has 0 saturated carbocycles. The second-order valence-corrected chi connectivity index (χ2v) is 5.55. The van der Waals surface area contributed by atoms with Gasteiger partial charge in [-0.05, 0) is 19.3 Å². The van der Waals surface area contributed by atoms with E-state index in [0.29, 0.717) is 6.10 Å². The lowest BCUT2D eigenvalue weighted by Gasteiger charge is -2.17. The molecule has 0 N–H and O–H groups in total. The van der Waals surface area contributed by atoms with Crippen LogP contribution in [0.3, 0.4) is 0 Å². The minimum atomic E-state index is 0.539. The summed E-state index contributed by atoms with van der Waals surface area (Å²) in [7, 11) is 0. The predicted molar refractivity (Wildman–Crippen MR) is 82.2 cm³/mol. The molecule has 0 saturated heterocycles. The highest BCUT2D eigenvalue weighted by atomic mass is 16.5. The smallest absolute Gasteiger partial charge is 0.0575 e. The van der Waals surface area contributed by atoms with E-state index >= 15 is 0 Å². The molecule has 0 aromatic rings. The van der Waals surface area contributed by atoms with Crippen LogP contribution in [0.4, 0.5) is 0 Å². The maximum absolute atomic E-state index is 5.97. The topological polar surface area (TPSA) is 9.23 Å². The zero-order valence-electron chi connectivity index (χ0n) is 13.2. The summed E-state index contributed by atoms with van der Waals surface area (Å²) in [5, 5.41) is 0. The third kappa shape index (κ3) is 12.4. The van der Waals surface area contributed by atoms with Gasteiger partial charge in [-0.3, -0.25) is 0 Å². The van der Waals surface area contributed by atoms with E-state index in [1.165, 1.54) is 77.0 Å². The van der Waals surface area contributed by atoms with Crippen molar-refractivity contribution in [1.82, 2.24) is 0 Å². The van der Waals surface area contributed by atoms with Crippen molar-refractivity contribution in [3.63, 3.8) is 0 Å². The molecule has 1 unspecified atom stereocenters. The van der Waals surface area contributed by atoms with Gasteiger partial charge in [-0.25, -0.2) is 0 Å². The molecule has 0 amide bonds. The van der Waals surface area contributed by atoms with Crippen LogP contribution in [-0.4, -0.2) is 12.7 Å². The van der Waals surface area contributed by atoms with Gasteiger partial charge in [-0.1, -0.05) is 78.6 Å². The van der Waals surface area contributed by atoms with E-state index in [2.05, 4.69) is 20.8 Å². The molecule has 1 nitrogen and oxygen atoms in total. The van der Waals surface area contributed by atoms with Crippen molar-refractivity contribution in [2.75, 3.05) is 6.61 Å². The number of hydrogen-bond donors (Lipinski definition) is 0. The van der Waals surface area contributed by atoms with Crippen LogP contribution < -0.4 is 0 Å². The third-order valence-corrected chi connectivity index (χ3v) is 3.59. The first kappa shape index (κ1) is 18.0. The van der Waals surface area contributed by atoms with Crippen LogP contribution in [0.15, 0.2) is 0 Å². The Hall–Kier alpha value is -0.0400. The lowest BCUT2D eigenvalue weighted by atomic mass is 10.0. The number of hydrogen-bond acceptors (Lipinski definition) is 1. The summed E-state index contributed by atoms with van der Waals surface area (Å²) in [4.78, 5) is 0. The van der Waals surface area contributed by atoms with E-state index in [1.54, 1.807) is 0 Å². The average Bonchev–Trinajstić information content (AvgIpc) is 2.38. The Kier molecular flexibility index (Phi) is 15.0. The van der Waals surface area contributed by atoms with Gasteiger partial charge in [-0.2, -0.15) is 0 Å². The molecule has 0 spiro atoms. The van der Waals surface area contributed by atoms with Gasteiger partial charge in [0.15, 0.2) is 0 Å². The summed E-state index contributed by atoms with van der Waals surface area (Å²) in [5.74, 6) is 0. The summed E-state index contributed by atoms with van der Waals surface area (Å²) >= 11 is 0. The van der Waals surface area contributed by atoms with Gasteiger partial charge in [0.1, 0.15) is 0 Å². The molecule has 0 aromatic carbocycles. The van der Waals surface area contributed by atoms with E-state index in [0.717, 1.165) is 6.61 Å². The van der Waals surface area contributed by atoms with Gasteiger partial charge in [-0.15, -0.1) is 0 Å². The maximum Gasteiger partial charge on any atom is 0.0575 e. The Balaban J connectivity index is 3.39. The molecule has 0 fully saturated rings. The Labute approximate surface area is 116 Å². The number of unbranched alkanes of at least 4 members (excludes halogenated alkanes) is 7. The monoisotopic (exact) mass is 256 g/mol. The molecule has 0 aromatic heterocycles. The Morgan fingerprint density at radius 2 is 1.22 bits per heavy atom. The zero-order chi connectivity index (χ0) is 13.5. The molecule has 0 aliphatic carbocycles. The predicted octanol–water partition coefficient (Wildman–Crippen LogP) is 6.11. The van der Waals surface area contributed by atoms with E-state index < -0.39 is 0 Å². The maximum atomic E-state index is 5.97. The second kappa shape index (κ2) is 15.0. The van der Waals surface area contributed by atoms with Gasteiger partial charge >= 0.3 is 0 Å². The highest BCUT2D eigenvalue weighted by molar-refractivity contribution is 4.58. The first-order valence-electron chi connectivity index (χ1n) is 8.46. The van der Waals surface area contributed by atoms with E-state index in [9.17, 15) is 0 Å². The molecule has 0 aliphatic heterocycles. The van der Waals surface area contributed by atoms with Crippen LogP contribution in [0, 0.1) is 0 Å². The normalized spacial score (nSPS) is 12.8. The number of rotatable bonds is 14. The van der Waals surface area contributed by atoms with Crippen LogP contribution in [-0.2, 0) is 4.74 Å². The van der Waals surface area contributed by atoms with Crippen LogP contribution in [0.5, 0.6) is 0 Å². The fourth-order valence-electron chi connectivity index (χ4n) is 2.36. The molecule has 1 heteroatoms. The molecule has 18 heavy (non-hydrogen) atoms. The van der Waals surface area contributed by atoms with Gasteiger partial charge in [0.05, 0.1) is 6.10 Å². The standard InChI is InChI=1S/C17H36O/c1-4-7-9-10-11-12-13-15-17(14-6-3)18-16-8-5-2/h17H,4-16H2,1-3H3. The van der Waals surface area contributed by atoms with Crippen LogP contribution in [0.2, 0.25) is 0 Å². The van der Waals surface area contributed by atoms with Crippen molar-refractivity contribution in [3.05, 3.63) is 0 Å². The van der Waals surface area contributed by atoms with E-state index in [4.69, 9.17) is 4.74 Å². The van der Waals surface area contributed by atoms with Gasteiger partial charge in [0.2, 0.25) is 0 Å². The van der Waals surface area contributed by atoms with E-state index in [1.807, 2.05) is 0 Å². The number of ether oxygens (including phenoxy) is 1. The lowest BCUT2D eigenvalue weighted by Crippen LogP contribution is -2.13. The molecule has 0 radical (unpaired) electrons. The van der Waals surface area contributed by atoms with Gasteiger partial charge in [0.25, 0.3) is 0 Å². The van der Waals surface area contributed by atoms with Gasteiger partial charge in [0, 0.05) is 6.61 Å². The Morgan fingerprint density at radius 3 is 1.83 bits per heavy atom. The molecule has 0 rings (SSSR count). The highest BCUT2D eigenvalue weighted by Crippen LogP contribution is 2.14. The molecular weight excluding hydrogens is 220 g/mol. The molecule has 0 heterocycles. The summed E-state index contributed by atoms with van der Waals surface area (Å²) in [6.45, 7) is 7.75. The summed E-state index contributed by atoms with van der Waals surface area (Å²) in [6.07, 6.45) is 16.6. The minimum absolute atomic E-state index is 0.539. The zero-order valence-corrected chi connectivity index (χ0v) is 13.2. The molecule has 0 bridgehead atoms. The van der Waals surface area contributed by atoms with Crippen molar-refractivity contribution < 1.29 is 4.74 Å². The average molecular weight is 256 g/mol. The molecule has 1 atom stereocenters. The van der Waals surface area contributed by atoms with E-state index in [-0.39, 0.29) is 0 Å². The molecular formula is C17H36O. The van der Waals surface area contributed by atoms with Crippen molar-refractivity contribution in [2.24, 2.45) is 0 Å². The van der Waals surface area contributed by atoms with Crippen molar-refractivity contribution in [3.8, 4) is 0 Å². The SMILES string of the molecule is CCCCCCCCCC(CCC)OCCCC. The van der Waals surface area contributed by atoms with Gasteiger partial charge < -0.3 is 4.74 Å². The fourth-order valence-corrected chi connectivity index (χ4v) is 2.36. The summed E-state index contributed by atoms with van der Waals surface area (Å²) in [6, 6.07) is 0. The first-order chi connectivity index (χ1) is 8.85. The van der Waals surface area contributed by atoms with Crippen LogP contribution in [0.1, 0.15) is 97.8 Å². The largest absolute Gasteiger partial charge is 0.378 e. The quantitative estimate of drug-likeness (QED) is 0.341. The van der Waals surface area contributed by atoms with Crippen molar-refractivity contribution in [2.45, 2.75) is 104 Å². The first-order valence-corrected chi connectivity index (χ1v) is 8.46. The Bertz CT molecular complexity index is 145. The molecule has 110 valence electrons. The molecule has 0 aliphatic rings. The third-order valence-electron chi connectivity index (χ3n) is 3.59. The summed E-state index contributed by atoms with van der Waals surface area (Å²) < 4.78 is 5.97. The lowest BCUT2D eigenvalue weighted by molar-refractivity contribution is 0.0377. The second-order valence-electron chi connectivity index (χ2n) is 5.55. The van der Waals surface area contributed by atoms with Crippen LogP contribution in [0.25, 0.3) is 0 Å². The van der Waals surface area contributed by atoms with Crippen LogP contribution >= 0.6 is 0 Å². The summed E-state index contributed by atoms with van der Waals surface area (Å²) in [5.41, 5.74) is 0. The Morgan fingerprint density at radius 1 is 0.611 bits per heavy atom.